The number of alkyl halides is 3. The molecule has 168 valence electrons. The fourth-order valence-corrected chi connectivity index (χ4v) is 4.04. The maximum atomic E-state index is 13.1. The third kappa shape index (κ3) is 6.01. The van der Waals surface area contributed by atoms with Gasteiger partial charge in [-0.15, -0.1) is 24.0 Å². The van der Waals surface area contributed by atoms with Crippen molar-refractivity contribution in [1.82, 2.24) is 15.5 Å². The lowest BCUT2D eigenvalue weighted by Gasteiger charge is -2.34. The summed E-state index contributed by atoms with van der Waals surface area (Å²) in [7, 11) is 3.38. The number of halogens is 4. The van der Waals surface area contributed by atoms with Crippen molar-refractivity contribution in [3.63, 3.8) is 0 Å². The molecule has 0 radical (unpaired) electrons. The van der Waals surface area contributed by atoms with Crippen LogP contribution in [0.15, 0.2) is 29.3 Å². The van der Waals surface area contributed by atoms with Gasteiger partial charge in [-0.05, 0) is 43.2 Å². The van der Waals surface area contributed by atoms with Crippen LogP contribution in [-0.2, 0) is 16.4 Å². The minimum atomic E-state index is -4.32. The van der Waals surface area contributed by atoms with Crippen molar-refractivity contribution in [2.75, 3.05) is 33.7 Å². The number of benzene rings is 1. The van der Waals surface area contributed by atoms with Gasteiger partial charge in [0.1, 0.15) is 0 Å². The lowest BCUT2D eigenvalue weighted by Crippen LogP contribution is -2.47. The van der Waals surface area contributed by atoms with Crippen LogP contribution in [0.5, 0.6) is 0 Å². The highest BCUT2D eigenvalue weighted by molar-refractivity contribution is 14.0. The maximum absolute atomic E-state index is 13.1. The Morgan fingerprint density at radius 1 is 1.27 bits per heavy atom. The van der Waals surface area contributed by atoms with E-state index in [0.29, 0.717) is 18.9 Å². The molecule has 1 aromatic rings. The summed E-state index contributed by atoms with van der Waals surface area (Å²) in [4.78, 5) is 18.1. The van der Waals surface area contributed by atoms with E-state index in [2.05, 4.69) is 20.5 Å². The van der Waals surface area contributed by atoms with Crippen LogP contribution in [0.1, 0.15) is 43.2 Å². The zero-order valence-electron chi connectivity index (χ0n) is 17.4. The van der Waals surface area contributed by atoms with Gasteiger partial charge >= 0.3 is 6.18 Å². The molecule has 1 aromatic carbocycles. The second kappa shape index (κ2) is 10.2. The number of nitrogens with one attached hydrogen (secondary N) is 2. The molecular formula is C21H30F3IN4O. The van der Waals surface area contributed by atoms with Crippen LogP contribution in [-0.4, -0.2) is 50.5 Å². The van der Waals surface area contributed by atoms with Crippen LogP contribution in [0.2, 0.25) is 0 Å². The highest BCUT2D eigenvalue weighted by atomic mass is 127. The molecule has 1 aliphatic heterocycles. The van der Waals surface area contributed by atoms with Gasteiger partial charge in [-0.25, -0.2) is 0 Å². The number of carbonyl (C=O) groups excluding carboxylic acids is 1. The number of hydrogen-bond acceptors (Lipinski definition) is 2. The monoisotopic (exact) mass is 538 g/mol. The fraction of sp³-hybridized carbons (Fsp3) is 0.619. The predicted octanol–water partition coefficient (Wildman–Crippen LogP) is 3.78. The Morgan fingerprint density at radius 2 is 1.93 bits per heavy atom. The number of nitrogens with zero attached hydrogens (tertiary/aromatic N) is 2. The second-order valence-electron chi connectivity index (χ2n) is 8.07. The topological polar surface area (TPSA) is 56.7 Å². The lowest BCUT2D eigenvalue weighted by molar-refractivity contribution is -0.137. The Balaban J connectivity index is 0.00000320. The largest absolute Gasteiger partial charge is 0.416 e. The van der Waals surface area contributed by atoms with Crippen LogP contribution in [0.25, 0.3) is 0 Å². The van der Waals surface area contributed by atoms with E-state index in [4.69, 9.17) is 0 Å². The molecule has 0 aromatic heterocycles. The quantitative estimate of drug-likeness (QED) is 0.341. The summed E-state index contributed by atoms with van der Waals surface area (Å²) in [5, 5.41) is 6.05. The van der Waals surface area contributed by atoms with Gasteiger partial charge in [0.2, 0.25) is 5.91 Å². The van der Waals surface area contributed by atoms with Crippen molar-refractivity contribution in [2.24, 2.45) is 10.9 Å². The van der Waals surface area contributed by atoms with Crippen molar-refractivity contribution < 1.29 is 18.0 Å². The average molecular weight is 538 g/mol. The number of aliphatic imine (C=N–C) groups is 1. The molecule has 0 bridgehead atoms. The third-order valence-corrected chi connectivity index (χ3v) is 6.12. The molecule has 2 fully saturated rings. The van der Waals surface area contributed by atoms with Crippen LogP contribution in [0.3, 0.4) is 0 Å². The molecular weight excluding hydrogens is 508 g/mol. The molecule has 30 heavy (non-hydrogen) atoms. The fourth-order valence-electron chi connectivity index (χ4n) is 4.04. The van der Waals surface area contributed by atoms with Crippen LogP contribution in [0.4, 0.5) is 13.2 Å². The molecule has 2 N–H and O–H groups in total. The van der Waals surface area contributed by atoms with E-state index in [9.17, 15) is 18.0 Å². The van der Waals surface area contributed by atoms with Crippen LogP contribution >= 0.6 is 24.0 Å². The van der Waals surface area contributed by atoms with E-state index in [1.165, 1.54) is 12.1 Å². The molecule has 1 amide bonds. The van der Waals surface area contributed by atoms with Gasteiger partial charge in [0.15, 0.2) is 5.96 Å². The SMILES string of the molecule is CN=C(NCC1(c2cccc(C(F)(F)F)c2)CC1)N1CCC(CC(=O)NC)CC1.I. The Bertz CT molecular complexity index is 757. The van der Waals surface area contributed by atoms with Gasteiger partial charge in [0.25, 0.3) is 0 Å². The molecule has 3 rings (SSSR count). The van der Waals surface area contributed by atoms with Crippen LogP contribution < -0.4 is 10.6 Å². The van der Waals surface area contributed by atoms with Gasteiger partial charge in [0, 0.05) is 45.6 Å². The van der Waals surface area contributed by atoms with Gasteiger partial charge in [-0.2, -0.15) is 13.2 Å². The first-order chi connectivity index (χ1) is 13.8. The van der Waals surface area contributed by atoms with Crippen molar-refractivity contribution >= 4 is 35.8 Å². The first kappa shape index (κ1) is 24.7. The summed E-state index contributed by atoms with van der Waals surface area (Å²) in [6.45, 7) is 2.20. The molecule has 0 unspecified atom stereocenters. The first-order valence-corrected chi connectivity index (χ1v) is 10.1. The average Bonchev–Trinajstić information content (AvgIpc) is 3.50. The standard InChI is InChI=1S/C21H29F3N4O.HI/c1-25-18(29)12-15-6-10-28(11-7-15)19(26-2)27-14-20(8-9-20)16-4-3-5-17(13-16)21(22,23)24;/h3-5,13,15H,6-12,14H2,1-2H3,(H,25,29)(H,26,27);1H. The highest BCUT2D eigenvalue weighted by Gasteiger charge is 2.45. The Morgan fingerprint density at radius 3 is 2.47 bits per heavy atom. The van der Waals surface area contributed by atoms with Gasteiger partial charge in [-0.3, -0.25) is 9.79 Å². The van der Waals surface area contributed by atoms with Crippen molar-refractivity contribution in [3.8, 4) is 0 Å². The molecule has 0 atom stereocenters. The molecule has 5 nitrogen and oxygen atoms in total. The molecule has 9 heteroatoms. The summed E-state index contributed by atoms with van der Waals surface area (Å²) in [6.07, 6.45) is -0.192. The van der Waals surface area contributed by atoms with Crippen molar-refractivity contribution in [3.05, 3.63) is 35.4 Å². The zero-order chi connectivity index (χ0) is 21.1. The number of hydrogen-bond donors (Lipinski definition) is 2. The lowest BCUT2D eigenvalue weighted by atomic mass is 9.93. The summed E-state index contributed by atoms with van der Waals surface area (Å²) in [6, 6.07) is 5.68. The third-order valence-electron chi connectivity index (χ3n) is 6.12. The maximum Gasteiger partial charge on any atom is 0.416 e. The van der Waals surface area contributed by atoms with Crippen LogP contribution in [0, 0.1) is 5.92 Å². The number of piperidine rings is 1. The predicted molar refractivity (Wildman–Crippen MR) is 122 cm³/mol. The minimum absolute atomic E-state index is 0. The van der Waals surface area contributed by atoms with Crippen molar-refractivity contribution in [2.45, 2.75) is 43.7 Å². The Labute approximate surface area is 192 Å². The van der Waals surface area contributed by atoms with E-state index < -0.39 is 11.7 Å². The summed E-state index contributed by atoms with van der Waals surface area (Å²) < 4.78 is 39.2. The summed E-state index contributed by atoms with van der Waals surface area (Å²) >= 11 is 0. The molecule has 1 saturated heterocycles. The minimum Gasteiger partial charge on any atom is -0.359 e. The van der Waals surface area contributed by atoms with Crippen molar-refractivity contribution in [1.29, 1.82) is 0 Å². The number of rotatable bonds is 5. The Hall–Kier alpha value is -1.52. The Kier molecular flexibility index (Phi) is 8.41. The van der Waals surface area contributed by atoms with E-state index >= 15 is 0 Å². The summed E-state index contributed by atoms with van der Waals surface area (Å²) in [5.41, 5.74) is -0.113. The molecule has 1 aliphatic carbocycles. The van der Waals surface area contributed by atoms with E-state index in [1.54, 1.807) is 20.2 Å². The van der Waals surface area contributed by atoms with Gasteiger partial charge < -0.3 is 15.5 Å². The molecule has 0 spiro atoms. The number of guanidine groups is 1. The van der Waals surface area contributed by atoms with E-state index in [1.807, 2.05) is 0 Å². The highest BCUT2D eigenvalue weighted by Crippen LogP contribution is 2.48. The molecule has 1 saturated carbocycles. The van der Waals surface area contributed by atoms with E-state index in [-0.39, 0.29) is 35.3 Å². The summed E-state index contributed by atoms with van der Waals surface area (Å²) in [5.74, 6) is 1.23. The van der Waals surface area contributed by atoms with Gasteiger partial charge in [-0.1, -0.05) is 18.2 Å². The molecule has 1 heterocycles. The second-order valence-corrected chi connectivity index (χ2v) is 8.07. The first-order valence-electron chi connectivity index (χ1n) is 10.1. The zero-order valence-corrected chi connectivity index (χ0v) is 19.7. The number of likely N-dealkylation sites (tertiary alicyclic amines) is 1. The van der Waals surface area contributed by atoms with E-state index in [0.717, 1.165) is 56.4 Å². The normalized spacial score (nSPS) is 19.1. The molecule has 2 aliphatic rings. The van der Waals surface area contributed by atoms with Gasteiger partial charge in [0.05, 0.1) is 5.56 Å². The number of carbonyl (C=O) groups is 1. The smallest absolute Gasteiger partial charge is 0.359 e. The number of amides is 1.